The number of nitrogens with one attached hydrogen (secondary N) is 1. The maximum absolute atomic E-state index is 5.95. The van der Waals surface area contributed by atoms with Crippen LogP contribution in [0.1, 0.15) is 29.7 Å². The molecule has 1 aromatic heterocycles. The molecule has 1 unspecified atom stereocenters. The van der Waals surface area contributed by atoms with Crippen molar-refractivity contribution in [2.45, 2.75) is 26.5 Å². The van der Waals surface area contributed by atoms with E-state index in [0.29, 0.717) is 13.2 Å². The van der Waals surface area contributed by atoms with Crippen LogP contribution in [0, 0.1) is 6.92 Å². The molecule has 0 amide bonds. The smallest absolute Gasteiger partial charge is 0.194 e. The molecule has 0 radical (unpaired) electrons. The minimum atomic E-state index is 0. The first-order valence-electron chi connectivity index (χ1n) is 9.37. The number of benzene rings is 1. The monoisotopic (exact) mass is 499 g/mol. The molecule has 1 aromatic carbocycles. The van der Waals surface area contributed by atoms with Gasteiger partial charge in [-0.3, -0.25) is 4.68 Å². The number of aromatic nitrogens is 2. The molecule has 1 aliphatic rings. The molecular weight excluding hydrogens is 469 g/mol. The second kappa shape index (κ2) is 10.7. The van der Waals surface area contributed by atoms with Gasteiger partial charge in [0.05, 0.1) is 33.0 Å². The number of guanidine groups is 1. The van der Waals surface area contributed by atoms with E-state index in [9.17, 15) is 0 Å². The van der Waals surface area contributed by atoms with Crippen LogP contribution in [0.25, 0.3) is 0 Å². The van der Waals surface area contributed by atoms with Gasteiger partial charge in [-0.1, -0.05) is 6.07 Å². The van der Waals surface area contributed by atoms with Crippen LogP contribution in [-0.2, 0) is 18.3 Å². The average Bonchev–Trinajstić information content (AvgIpc) is 3.11. The molecule has 8 heteroatoms. The van der Waals surface area contributed by atoms with E-state index in [1.54, 1.807) is 7.11 Å². The Bertz CT molecular complexity index is 793. The Morgan fingerprint density at radius 1 is 1.39 bits per heavy atom. The van der Waals surface area contributed by atoms with Gasteiger partial charge in [0.2, 0.25) is 0 Å². The second-order valence-electron chi connectivity index (χ2n) is 6.78. The summed E-state index contributed by atoms with van der Waals surface area (Å²) in [4.78, 5) is 7.12. The van der Waals surface area contributed by atoms with Gasteiger partial charge in [-0.05, 0) is 37.1 Å². The number of aliphatic imine (C=N–C) groups is 1. The van der Waals surface area contributed by atoms with Gasteiger partial charge >= 0.3 is 0 Å². The van der Waals surface area contributed by atoms with Gasteiger partial charge in [0.1, 0.15) is 11.9 Å². The first-order valence-corrected chi connectivity index (χ1v) is 9.37. The van der Waals surface area contributed by atoms with Crippen LogP contribution in [0.15, 0.2) is 35.6 Å². The Hall–Kier alpha value is -1.81. The Labute approximate surface area is 184 Å². The third kappa shape index (κ3) is 5.84. The van der Waals surface area contributed by atoms with Gasteiger partial charge in [0, 0.05) is 31.9 Å². The summed E-state index contributed by atoms with van der Waals surface area (Å²) in [6.07, 6.45) is 3.89. The van der Waals surface area contributed by atoms with Crippen molar-refractivity contribution in [3.05, 3.63) is 47.3 Å². The van der Waals surface area contributed by atoms with E-state index in [4.69, 9.17) is 14.5 Å². The lowest BCUT2D eigenvalue weighted by Gasteiger charge is -2.34. The van der Waals surface area contributed by atoms with Crippen LogP contribution in [-0.4, -0.2) is 54.0 Å². The number of hydrogen-bond donors (Lipinski definition) is 1. The van der Waals surface area contributed by atoms with Gasteiger partial charge in [-0.15, -0.1) is 24.0 Å². The molecule has 0 bridgehead atoms. The molecule has 7 nitrogen and oxygen atoms in total. The highest BCUT2D eigenvalue weighted by Gasteiger charge is 2.25. The Morgan fingerprint density at radius 3 is 2.89 bits per heavy atom. The molecule has 1 saturated heterocycles. The predicted molar refractivity (Wildman–Crippen MR) is 121 cm³/mol. The molecule has 0 saturated carbocycles. The van der Waals surface area contributed by atoms with Crippen molar-refractivity contribution in [1.82, 2.24) is 20.0 Å². The maximum Gasteiger partial charge on any atom is 0.194 e. The Kier molecular flexibility index (Phi) is 8.56. The van der Waals surface area contributed by atoms with Crippen molar-refractivity contribution in [3.63, 3.8) is 0 Å². The van der Waals surface area contributed by atoms with Crippen LogP contribution in [0.2, 0.25) is 0 Å². The summed E-state index contributed by atoms with van der Waals surface area (Å²) in [6.45, 7) is 7.84. The van der Waals surface area contributed by atoms with Crippen LogP contribution < -0.4 is 10.1 Å². The summed E-state index contributed by atoms with van der Waals surface area (Å²) in [5.74, 6) is 1.78. The molecule has 2 heterocycles. The number of rotatable bonds is 5. The fraction of sp³-hybridized carbons (Fsp3) is 0.500. The minimum Gasteiger partial charge on any atom is -0.497 e. The first-order chi connectivity index (χ1) is 13.1. The summed E-state index contributed by atoms with van der Waals surface area (Å²) in [5.41, 5.74) is 3.41. The summed E-state index contributed by atoms with van der Waals surface area (Å²) in [5, 5.41) is 7.67. The summed E-state index contributed by atoms with van der Waals surface area (Å²) in [6, 6.07) is 6.21. The van der Waals surface area contributed by atoms with Gasteiger partial charge in [0.25, 0.3) is 0 Å². The maximum atomic E-state index is 5.95. The normalized spacial score (nSPS) is 17.2. The van der Waals surface area contributed by atoms with Gasteiger partial charge < -0.3 is 19.7 Å². The fourth-order valence-corrected chi connectivity index (χ4v) is 3.28. The standard InChI is InChI=1S/C20H29N5O2.HI/c1-5-21-20(22-11-16-8-15(2)9-18(10-16)26-4)25-6-7-27-19(14-25)17-12-23-24(3)13-17;/h8-10,12-13,19H,5-7,11,14H2,1-4H3,(H,21,22);1H. The zero-order valence-electron chi connectivity index (χ0n) is 17.0. The number of nitrogens with zero attached hydrogens (tertiary/aromatic N) is 4. The summed E-state index contributed by atoms with van der Waals surface area (Å²) in [7, 11) is 3.62. The van der Waals surface area contributed by atoms with E-state index in [0.717, 1.165) is 42.5 Å². The van der Waals surface area contributed by atoms with Gasteiger partial charge in [0.15, 0.2) is 5.96 Å². The molecule has 1 fully saturated rings. The predicted octanol–water partition coefficient (Wildman–Crippen LogP) is 2.89. The Balaban J connectivity index is 0.00000280. The highest BCUT2D eigenvalue weighted by atomic mass is 127. The van der Waals surface area contributed by atoms with Gasteiger partial charge in [-0.25, -0.2) is 4.99 Å². The van der Waals surface area contributed by atoms with Crippen molar-refractivity contribution in [1.29, 1.82) is 0 Å². The summed E-state index contributed by atoms with van der Waals surface area (Å²) >= 11 is 0. The zero-order valence-corrected chi connectivity index (χ0v) is 19.3. The van der Waals surface area contributed by atoms with E-state index in [-0.39, 0.29) is 30.1 Å². The van der Waals surface area contributed by atoms with Crippen molar-refractivity contribution in [3.8, 4) is 5.75 Å². The van der Waals surface area contributed by atoms with Crippen LogP contribution >= 0.6 is 24.0 Å². The fourth-order valence-electron chi connectivity index (χ4n) is 3.28. The largest absolute Gasteiger partial charge is 0.497 e. The topological polar surface area (TPSA) is 63.9 Å². The zero-order chi connectivity index (χ0) is 19.2. The lowest BCUT2D eigenvalue weighted by atomic mass is 10.1. The van der Waals surface area contributed by atoms with E-state index in [2.05, 4.69) is 35.2 Å². The third-order valence-corrected chi connectivity index (χ3v) is 4.56. The number of methoxy groups -OCH3 is 1. The van der Waals surface area contributed by atoms with E-state index >= 15 is 0 Å². The number of hydrogen-bond acceptors (Lipinski definition) is 4. The number of halogens is 1. The molecule has 1 atom stereocenters. The van der Waals surface area contributed by atoms with Crippen LogP contribution in [0.5, 0.6) is 5.75 Å². The Morgan fingerprint density at radius 2 is 2.21 bits per heavy atom. The molecule has 2 aromatic rings. The molecule has 28 heavy (non-hydrogen) atoms. The van der Waals surface area contributed by atoms with Crippen molar-refractivity contribution in [2.75, 3.05) is 33.4 Å². The lowest BCUT2D eigenvalue weighted by Crippen LogP contribution is -2.48. The number of morpholine rings is 1. The lowest BCUT2D eigenvalue weighted by molar-refractivity contribution is -0.00805. The molecule has 1 N–H and O–H groups in total. The van der Waals surface area contributed by atoms with Crippen molar-refractivity contribution in [2.24, 2.45) is 12.0 Å². The minimum absolute atomic E-state index is 0. The molecule has 1 aliphatic heterocycles. The summed E-state index contributed by atoms with van der Waals surface area (Å²) < 4.78 is 13.1. The van der Waals surface area contributed by atoms with E-state index in [1.165, 1.54) is 5.56 Å². The highest BCUT2D eigenvalue weighted by Crippen LogP contribution is 2.22. The van der Waals surface area contributed by atoms with Crippen molar-refractivity contribution >= 4 is 29.9 Å². The number of ether oxygens (including phenoxy) is 2. The van der Waals surface area contributed by atoms with Crippen LogP contribution in [0.4, 0.5) is 0 Å². The highest BCUT2D eigenvalue weighted by molar-refractivity contribution is 14.0. The third-order valence-electron chi connectivity index (χ3n) is 4.56. The molecule has 3 rings (SSSR count). The van der Waals surface area contributed by atoms with Gasteiger partial charge in [-0.2, -0.15) is 5.10 Å². The van der Waals surface area contributed by atoms with E-state index < -0.39 is 0 Å². The van der Waals surface area contributed by atoms with E-state index in [1.807, 2.05) is 36.3 Å². The quantitative estimate of drug-likeness (QED) is 0.390. The average molecular weight is 499 g/mol. The SMILES string of the molecule is CCNC(=NCc1cc(C)cc(OC)c1)N1CCOC(c2cnn(C)c2)C1.I. The van der Waals surface area contributed by atoms with Crippen molar-refractivity contribution < 1.29 is 9.47 Å². The second-order valence-corrected chi connectivity index (χ2v) is 6.78. The molecular formula is C20H30IN5O2. The van der Waals surface area contributed by atoms with Crippen LogP contribution in [0.3, 0.4) is 0 Å². The molecule has 0 spiro atoms. The number of aryl methyl sites for hydroxylation is 2. The first kappa shape index (κ1) is 22.5. The molecule has 0 aliphatic carbocycles. The molecule has 154 valence electrons.